The van der Waals surface area contributed by atoms with Crippen LogP contribution in [0.25, 0.3) is 0 Å². The Kier molecular flexibility index (Phi) is 2.71. The van der Waals surface area contributed by atoms with Crippen molar-refractivity contribution in [1.82, 2.24) is 0 Å². The molecule has 3 heteroatoms. The van der Waals surface area contributed by atoms with Gasteiger partial charge in [0.15, 0.2) is 11.5 Å². The van der Waals surface area contributed by atoms with Crippen molar-refractivity contribution >= 4 is 11.6 Å². The maximum atomic E-state index is 9.56. The molecule has 0 aliphatic rings. The summed E-state index contributed by atoms with van der Waals surface area (Å²) in [7, 11) is 0. The average Bonchev–Trinajstić information content (AvgIpc) is 2.07. The Balaban J connectivity index is 3.41. The molecule has 0 aliphatic heterocycles. The molecule has 0 unspecified atom stereocenters. The third-order valence-corrected chi connectivity index (χ3v) is 2.51. The molecule has 0 heterocycles. The van der Waals surface area contributed by atoms with Crippen LogP contribution < -0.4 is 0 Å². The molecular weight excluding hydrogens is 188 g/mol. The van der Waals surface area contributed by atoms with Gasteiger partial charge in [0.05, 0.1) is 0 Å². The van der Waals surface area contributed by atoms with Crippen LogP contribution in [0.4, 0.5) is 0 Å². The first-order valence-electron chi connectivity index (χ1n) is 4.16. The van der Waals surface area contributed by atoms with Crippen LogP contribution in [-0.2, 0) is 0 Å². The first-order chi connectivity index (χ1) is 5.95. The van der Waals surface area contributed by atoms with E-state index in [1.54, 1.807) is 13.0 Å². The van der Waals surface area contributed by atoms with Crippen molar-refractivity contribution in [2.75, 3.05) is 0 Å². The summed E-state index contributed by atoms with van der Waals surface area (Å²) < 4.78 is 0. The highest BCUT2D eigenvalue weighted by Crippen LogP contribution is 2.39. The van der Waals surface area contributed by atoms with Gasteiger partial charge in [0, 0.05) is 16.1 Å². The zero-order valence-electron chi connectivity index (χ0n) is 7.93. The summed E-state index contributed by atoms with van der Waals surface area (Å²) in [6, 6.07) is 1.69. The van der Waals surface area contributed by atoms with Gasteiger partial charge in [-0.25, -0.2) is 0 Å². The summed E-state index contributed by atoms with van der Waals surface area (Å²) in [5.41, 5.74) is 1.19. The second-order valence-electron chi connectivity index (χ2n) is 3.42. The zero-order valence-corrected chi connectivity index (χ0v) is 8.68. The molecule has 0 aromatic heterocycles. The Bertz CT molecular complexity index is 332. The van der Waals surface area contributed by atoms with E-state index in [1.165, 1.54) is 0 Å². The molecule has 72 valence electrons. The second-order valence-corrected chi connectivity index (χ2v) is 3.83. The Morgan fingerprint density at radius 3 is 2.23 bits per heavy atom. The number of aromatic hydroxyl groups is 2. The Hall–Kier alpha value is -0.890. The fourth-order valence-corrected chi connectivity index (χ4v) is 1.39. The third kappa shape index (κ3) is 1.73. The monoisotopic (exact) mass is 200 g/mol. The second kappa shape index (κ2) is 3.46. The highest BCUT2D eigenvalue weighted by molar-refractivity contribution is 6.31. The maximum absolute atomic E-state index is 9.56. The van der Waals surface area contributed by atoms with Crippen molar-refractivity contribution in [1.29, 1.82) is 0 Å². The Morgan fingerprint density at radius 2 is 1.77 bits per heavy atom. The lowest BCUT2D eigenvalue weighted by molar-refractivity contribution is 0.395. The van der Waals surface area contributed by atoms with Gasteiger partial charge in [0.25, 0.3) is 0 Å². The average molecular weight is 201 g/mol. The normalized spacial score (nSPS) is 10.8. The number of phenols is 2. The van der Waals surface area contributed by atoms with Crippen molar-refractivity contribution in [2.45, 2.75) is 26.7 Å². The van der Waals surface area contributed by atoms with Crippen molar-refractivity contribution in [2.24, 2.45) is 0 Å². The van der Waals surface area contributed by atoms with Crippen LogP contribution in [0.5, 0.6) is 11.5 Å². The number of benzene rings is 1. The smallest absolute Gasteiger partial charge is 0.162 e. The van der Waals surface area contributed by atoms with Gasteiger partial charge in [-0.2, -0.15) is 0 Å². The van der Waals surface area contributed by atoms with Gasteiger partial charge < -0.3 is 10.2 Å². The Labute approximate surface area is 82.8 Å². The minimum atomic E-state index is -0.115. The largest absolute Gasteiger partial charge is 0.504 e. The summed E-state index contributed by atoms with van der Waals surface area (Å²) in [4.78, 5) is 0. The van der Waals surface area contributed by atoms with Crippen LogP contribution in [0.1, 0.15) is 30.9 Å². The standard InChI is InChI=1S/C10H13ClO2/c1-5(2)7-4-8(11)6(3)9(12)10(7)13/h4-5,12-13H,1-3H3. The lowest BCUT2D eigenvalue weighted by atomic mass is 10.00. The van der Waals surface area contributed by atoms with Gasteiger partial charge in [-0.1, -0.05) is 25.4 Å². The summed E-state index contributed by atoms with van der Waals surface area (Å²) in [6.45, 7) is 5.53. The predicted molar refractivity (Wildman–Crippen MR) is 53.6 cm³/mol. The van der Waals surface area contributed by atoms with Crippen molar-refractivity contribution < 1.29 is 10.2 Å². The van der Waals surface area contributed by atoms with Crippen molar-refractivity contribution in [3.63, 3.8) is 0 Å². The molecule has 1 aromatic carbocycles. The first-order valence-corrected chi connectivity index (χ1v) is 4.53. The van der Waals surface area contributed by atoms with E-state index in [0.717, 1.165) is 0 Å². The fraction of sp³-hybridized carbons (Fsp3) is 0.400. The molecule has 1 rings (SSSR count). The lowest BCUT2D eigenvalue weighted by Crippen LogP contribution is -1.90. The van der Waals surface area contributed by atoms with Crippen LogP contribution in [0.2, 0.25) is 5.02 Å². The molecule has 2 N–H and O–H groups in total. The summed E-state index contributed by atoms with van der Waals surface area (Å²) >= 11 is 5.86. The minimum Gasteiger partial charge on any atom is -0.504 e. The molecule has 0 fully saturated rings. The van der Waals surface area contributed by atoms with Gasteiger partial charge in [-0.3, -0.25) is 0 Å². The molecule has 2 nitrogen and oxygen atoms in total. The number of phenolic OH excluding ortho intramolecular Hbond substituents is 2. The van der Waals surface area contributed by atoms with E-state index in [0.29, 0.717) is 16.1 Å². The van der Waals surface area contributed by atoms with Gasteiger partial charge in [0.1, 0.15) is 0 Å². The molecule has 0 amide bonds. The van der Waals surface area contributed by atoms with Crippen LogP contribution in [0.15, 0.2) is 6.07 Å². The molecule has 0 atom stereocenters. The molecule has 0 radical (unpaired) electrons. The first kappa shape index (κ1) is 10.2. The van der Waals surface area contributed by atoms with Crippen molar-refractivity contribution in [3.8, 4) is 11.5 Å². The minimum absolute atomic E-state index is 0.0584. The van der Waals surface area contributed by atoms with Crippen LogP contribution in [-0.4, -0.2) is 10.2 Å². The predicted octanol–water partition coefficient (Wildman–Crippen LogP) is 3.18. The number of rotatable bonds is 1. The van der Waals surface area contributed by atoms with E-state index in [4.69, 9.17) is 11.6 Å². The van der Waals surface area contributed by atoms with Crippen molar-refractivity contribution in [3.05, 3.63) is 22.2 Å². The van der Waals surface area contributed by atoms with E-state index in [2.05, 4.69) is 0 Å². The SMILES string of the molecule is Cc1c(Cl)cc(C(C)C)c(O)c1O. The summed E-state index contributed by atoms with van der Waals surface area (Å²) in [5.74, 6) is -0.0305. The van der Waals surface area contributed by atoms with Crippen LogP contribution >= 0.6 is 11.6 Å². The van der Waals surface area contributed by atoms with Crippen LogP contribution in [0.3, 0.4) is 0 Å². The highest BCUT2D eigenvalue weighted by Gasteiger charge is 2.14. The van der Waals surface area contributed by atoms with E-state index >= 15 is 0 Å². The van der Waals surface area contributed by atoms with E-state index in [-0.39, 0.29) is 17.4 Å². The van der Waals surface area contributed by atoms with Gasteiger partial charge in [-0.05, 0) is 18.9 Å². The number of halogens is 1. The number of hydrogen-bond donors (Lipinski definition) is 2. The molecule has 0 aliphatic carbocycles. The summed E-state index contributed by atoms with van der Waals surface area (Å²) in [6.07, 6.45) is 0. The molecule has 0 saturated carbocycles. The van der Waals surface area contributed by atoms with E-state index < -0.39 is 0 Å². The quantitative estimate of drug-likeness (QED) is 0.684. The maximum Gasteiger partial charge on any atom is 0.162 e. The molecule has 13 heavy (non-hydrogen) atoms. The highest BCUT2D eigenvalue weighted by atomic mass is 35.5. The van der Waals surface area contributed by atoms with E-state index in [9.17, 15) is 10.2 Å². The van der Waals surface area contributed by atoms with E-state index in [1.807, 2.05) is 13.8 Å². The topological polar surface area (TPSA) is 40.5 Å². The summed E-state index contributed by atoms with van der Waals surface area (Å²) in [5, 5.41) is 19.5. The van der Waals surface area contributed by atoms with Gasteiger partial charge >= 0.3 is 0 Å². The third-order valence-electron chi connectivity index (χ3n) is 2.12. The zero-order chi connectivity index (χ0) is 10.2. The lowest BCUT2D eigenvalue weighted by Gasteiger charge is -2.12. The number of hydrogen-bond acceptors (Lipinski definition) is 2. The van der Waals surface area contributed by atoms with Gasteiger partial charge in [0.2, 0.25) is 0 Å². The molecular formula is C10H13ClO2. The molecule has 1 aromatic rings. The molecule has 0 spiro atoms. The van der Waals surface area contributed by atoms with Gasteiger partial charge in [-0.15, -0.1) is 0 Å². The fourth-order valence-electron chi connectivity index (χ4n) is 1.18. The molecule has 0 bridgehead atoms. The molecule has 0 saturated heterocycles. The Morgan fingerprint density at radius 1 is 1.23 bits per heavy atom. The van der Waals surface area contributed by atoms with Crippen LogP contribution in [0, 0.1) is 6.92 Å².